The molecule has 19 heavy (non-hydrogen) atoms. The quantitative estimate of drug-likeness (QED) is 0.640. The average Bonchev–Trinajstić information content (AvgIpc) is 2.41. The van der Waals surface area contributed by atoms with Gasteiger partial charge in [-0.25, -0.2) is 0 Å². The molecule has 3 nitrogen and oxygen atoms in total. The van der Waals surface area contributed by atoms with Gasteiger partial charge in [-0.3, -0.25) is 0 Å². The summed E-state index contributed by atoms with van der Waals surface area (Å²) in [6.07, 6.45) is 5.55. The SMILES string of the molecule is CC(O)CCc1ccc(OCCCCCCO)cc1. The molecule has 3 heteroatoms. The molecule has 108 valence electrons. The Morgan fingerprint density at radius 2 is 1.74 bits per heavy atom. The molecular weight excluding hydrogens is 240 g/mol. The smallest absolute Gasteiger partial charge is 0.119 e. The summed E-state index contributed by atoms with van der Waals surface area (Å²) in [5.74, 6) is 0.906. The Bertz CT molecular complexity index is 319. The molecule has 2 N–H and O–H groups in total. The highest BCUT2D eigenvalue weighted by Crippen LogP contribution is 2.14. The molecule has 0 spiro atoms. The number of hydrogen-bond acceptors (Lipinski definition) is 3. The number of aliphatic hydroxyl groups is 2. The summed E-state index contributed by atoms with van der Waals surface area (Å²) in [6, 6.07) is 8.10. The lowest BCUT2D eigenvalue weighted by Crippen LogP contribution is -2.01. The number of benzene rings is 1. The second-order valence-corrected chi connectivity index (χ2v) is 5.02. The highest BCUT2D eigenvalue weighted by Gasteiger charge is 1.99. The Balaban J connectivity index is 2.17. The van der Waals surface area contributed by atoms with Crippen LogP contribution in [0.4, 0.5) is 0 Å². The summed E-state index contributed by atoms with van der Waals surface area (Å²) in [5, 5.41) is 17.9. The lowest BCUT2D eigenvalue weighted by molar-refractivity contribution is 0.185. The van der Waals surface area contributed by atoms with E-state index in [2.05, 4.69) is 12.1 Å². The van der Waals surface area contributed by atoms with Crippen LogP contribution in [0.15, 0.2) is 24.3 Å². The van der Waals surface area contributed by atoms with Gasteiger partial charge >= 0.3 is 0 Å². The van der Waals surface area contributed by atoms with Crippen LogP contribution in [0.25, 0.3) is 0 Å². The van der Waals surface area contributed by atoms with E-state index < -0.39 is 0 Å². The summed E-state index contributed by atoms with van der Waals surface area (Å²) in [7, 11) is 0. The third-order valence-electron chi connectivity index (χ3n) is 3.10. The Morgan fingerprint density at radius 1 is 1.05 bits per heavy atom. The predicted molar refractivity (Wildman–Crippen MR) is 77.5 cm³/mol. The molecule has 1 aromatic carbocycles. The van der Waals surface area contributed by atoms with Crippen molar-refractivity contribution >= 4 is 0 Å². The zero-order valence-corrected chi connectivity index (χ0v) is 11.8. The van der Waals surface area contributed by atoms with Crippen LogP contribution in [-0.4, -0.2) is 29.5 Å². The highest BCUT2D eigenvalue weighted by molar-refractivity contribution is 5.27. The molecule has 1 rings (SSSR count). The first kappa shape index (κ1) is 16.0. The molecule has 0 bridgehead atoms. The van der Waals surface area contributed by atoms with E-state index in [1.165, 1.54) is 5.56 Å². The van der Waals surface area contributed by atoms with Crippen molar-refractivity contribution in [2.75, 3.05) is 13.2 Å². The third-order valence-corrected chi connectivity index (χ3v) is 3.10. The molecule has 0 saturated carbocycles. The number of hydrogen-bond donors (Lipinski definition) is 2. The minimum atomic E-state index is -0.241. The number of ether oxygens (including phenoxy) is 1. The molecular formula is C16H26O3. The molecule has 0 aromatic heterocycles. The Morgan fingerprint density at radius 3 is 2.37 bits per heavy atom. The first-order valence-electron chi connectivity index (χ1n) is 7.23. The van der Waals surface area contributed by atoms with E-state index in [9.17, 15) is 5.11 Å². The van der Waals surface area contributed by atoms with Gasteiger partial charge in [-0.2, -0.15) is 0 Å². The van der Waals surface area contributed by atoms with E-state index in [0.717, 1.165) is 50.9 Å². The number of aliphatic hydroxyl groups excluding tert-OH is 2. The van der Waals surface area contributed by atoms with Crippen LogP contribution in [0.5, 0.6) is 5.75 Å². The van der Waals surface area contributed by atoms with Crippen LogP contribution in [-0.2, 0) is 6.42 Å². The fourth-order valence-electron chi connectivity index (χ4n) is 1.89. The number of rotatable bonds is 10. The minimum Gasteiger partial charge on any atom is -0.494 e. The summed E-state index contributed by atoms with van der Waals surface area (Å²) in [6.45, 7) is 2.83. The van der Waals surface area contributed by atoms with Crippen LogP contribution >= 0.6 is 0 Å². The van der Waals surface area contributed by atoms with Crippen molar-refractivity contribution in [1.82, 2.24) is 0 Å². The van der Waals surface area contributed by atoms with Crippen LogP contribution in [0, 0.1) is 0 Å². The zero-order valence-electron chi connectivity index (χ0n) is 11.8. The molecule has 0 amide bonds. The van der Waals surface area contributed by atoms with Gasteiger partial charge in [-0.15, -0.1) is 0 Å². The van der Waals surface area contributed by atoms with Crippen molar-refractivity contribution < 1.29 is 14.9 Å². The van der Waals surface area contributed by atoms with E-state index in [4.69, 9.17) is 9.84 Å². The molecule has 1 aromatic rings. The summed E-state index contributed by atoms with van der Waals surface area (Å²) >= 11 is 0. The van der Waals surface area contributed by atoms with Crippen molar-refractivity contribution in [3.8, 4) is 5.75 Å². The third kappa shape index (κ3) is 7.85. The highest BCUT2D eigenvalue weighted by atomic mass is 16.5. The normalized spacial score (nSPS) is 12.4. The van der Waals surface area contributed by atoms with Crippen LogP contribution < -0.4 is 4.74 Å². The molecule has 0 radical (unpaired) electrons. The van der Waals surface area contributed by atoms with E-state index in [1.54, 1.807) is 0 Å². The molecule has 0 aliphatic rings. The van der Waals surface area contributed by atoms with Gasteiger partial charge in [0.15, 0.2) is 0 Å². The van der Waals surface area contributed by atoms with Gasteiger partial charge in [-0.1, -0.05) is 18.6 Å². The van der Waals surface area contributed by atoms with E-state index in [0.29, 0.717) is 0 Å². The van der Waals surface area contributed by atoms with Crippen LogP contribution in [0.1, 0.15) is 44.6 Å². The molecule has 0 aliphatic carbocycles. The predicted octanol–water partition coefficient (Wildman–Crippen LogP) is 2.93. The molecule has 0 saturated heterocycles. The monoisotopic (exact) mass is 266 g/mol. The fraction of sp³-hybridized carbons (Fsp3) is 0.625. The molecule has 1 unspecified atom stereocenters. The van der Waals surface area contributed by atoms with Crippen molar-refractivity contribution in [2.45, 2.75) is 51.6 Å². The van der Waals surface area contributed by atoms with E-state index >= 15 is 0 Å². The van der Waals surface area contributed by atoms with Crippen LogP contribution in [0.3, 0.4) is 0 Å². The average molecular weight is 266 g/mol. The molecule has 0 aliphatic heterocycles. The fourth-order valence-corrected chi connectivity index (χ4v) is 1.89. The van der Waals surface area contributed by atoms with Crippen molar-refractivity contribution in [1.29, 1.82) is 0 Å². The largest absolute Gasteiger partial charge is 0.494 e. The first-order chi connectivity index (χ1) is 9.22. The maximum atomic E-state index is 9.23. The molecule has 1 atom stereocenters. The van der Waals surface area contributed by atoms with Crippen molar-refractivity contribution in [2.24, 2.45) is 0 Å². The van der Waals surface area contributed by atoms with Gasteiger partial charge in [-0.05, 0) is 56.7 Å². The number of unbranched alkanes of at least 4 members (excludes halogenated alkanes) is 3. The van der Waals surface area contributed by atoms with Gasteiger partial charge in [0.25, 0.3) is 0 Å². The summed E-state index contributed by atoms with van der Waals surface area (Å²) in [5.41, 5.74) is 1.23. The van der Waals surface area contributed by atoms with Crippen LogP contribution in [0.2, 0.25) is 0 Å². The maximum Gasteiger partial charge on any atom is 0.119 e. The van der Waals surface area contributed by atoms with Gasteiger partial charge in [0.2, 0.25) is 0 Å². The number of aryl methyl sites for hydroxylation is 1. The lowest BCUT2D eigenvalue weighted by Gasteiger charge is -2.08. The first-order valence-corrected chi connectivity index (χ1v) is 7.23. The summed E-state index contributed by atoms with van der Waals surface area (Å²) < 4.78 is 5.65. The zero-order chi connectivity index (χ0) is 13.9. The van der Waals surface area contributed by atoms with Gasteiger partial charge in [0.1, 0.15) is 5.75 Å². The minimum absolute atomic E-state index is 0.241. The van der Waals surface area contributed by atoms with Crippen molar-refractivity contribution in [3.05, 3.63) is 29.8 Å². The van der Waals surface area contributed by atoms with E-state index in [-0.39, 0.29) is 12.7 Å². The van der Waals surface area contributed by atoms with Gasteiger partial charge in [0, 0.05) is 6.61 Å². The maximum absolute atomic E-state index is 9.23. The molecule has 0 heterocycles. The standard InChI is InChI=1S/C16H26O3/c1-14(18)6-7-15-8-10-16(11-9-15)19-13-5-3-2-4-12-17/h8-11,14,17-18H,2-7,12-13H2,1H3. The Hall–Kier alpha value is -1.06. The Kier molecular flexibility index (Phi) is 8.26. The second-order valence-electron chi connectivity index (χ2n) is 5.02. The molecule has 0 fully saturated rings. The Labute approximate surface area is 116 Å². The second kappa shape index (κ2) is 9.82. The van der Waals surface area contributed by atoms with Gasteiger partial charge < -0.3 is 14.9 Å². The topological polar surface area (TPSA) is 49.7 Å². The lowest BCUT2D eigenvalue weighted by atomic mass is 10.1. The van der Waals surface area contributed by atoms with Gasteiger partial charge in [0.05, 0.1) is 12.7 Å². The van der Waals surface area contributed by atoms with Crippen molar-refractivity contribution in [3.63, 3.8) is 0 Å². The summed E-state index contributed by atoms with van der Waals surface area (Å²) in [4.78, 5) is 0. The van der Waals surface area contributed by atoms with E-state index in [1.807, 2.05) is 19.1 Å².